The molecule has 0 atom stereocenters. The summed E-state index contributed by atoms with van der Waals surface area (Å²) in [6.07, 6.45) is 2.15. The SMILES string of the molecule is Cc1ccc(-c2ccccc2)cc1-c1c(C)c(C)cc[n+]1C. The monoisotopic (exact) mass is 288 g/mol. The molecule has 2 aromatic carbocycles. The van der Waals surface area contributed by atoms with Gasteiger partial charge in [0.25, 0.3) is 0 Å². The molecule has 0 aliphatic rings. The summed E-state index contributed by atoms with van der Waals surface area (Å²) in [6.45, 7) is 6.57. The molecule has 0 radical (unpaired) electrons. The Morgan fingerprint density at radius 1 is 0.727 bits per heavy atom. The molecule has 1 aromatic heterocycles. The highest BCUT2D eigenvalue weighted by Gasteiger charge is 2.17. The lowest BCUT2D eigenvalue weighted by Gasteiger charge is -2.11. The van der Waals surface area contributed by atoms with Gasteiger partial charge < -0.3 is 0 Å². The molecule has 0 unspecified atom stereocenters. The first kappa shape index (κ1) is 14.5. The first-order valence-electron chi connectivity index (χ1n) is 7.70. The Morgan fingerprint density at radius 3 is 2.18 bits per heavy atom. The molecule has 0 fully saturated rings. The molecule has 0 saturated carbocycles. The molecule has 3 aromatic rings. The predicted molar refractivity (Wildman–Crippen MR) is 92.7 cm³/mol. The maximum atomic E-state index is 2.31. The average molecular weight is 288 g/mol. The zero-order chi connectivity index (χ0) is 15.7. The normalized spacial score (nSPS) is 10.7. The van der Waals surface area contributed by atoms with Crippen LogP contribution in [0.5, 0.6) is 0 Å². The Balaban J connectivity index is 2.22. The minimum absolute atomic E-state index is 1.26. The zero-order valence-corrected chi connectivity index (χ0v) is 13.7. The van der Waals surface area contributed by atoms with Crippen LogP contribution >= 0.6 is 0 Å². The van der Waals surface area contributed by atoms with Crippen molar-refractivity contribution in [2.75, 3.05) is 0 Å². The lowest BCUT2D eigenvalue weighted by atomic mass is 9.94. The smallest absolute Gasteiger partial charge is 0.201 e. The van der Waals surface area contributed by atoms with Crippen LogP contribution < -0.4 is 4.57 Å². The highest BCUT2D eigenvalue weighted by molar-refractivity contribution is 5.74. The van der Waals surface area contributed by atoms with Gasteiger partial charge in [-0.1, -0.05) is 42.5 Å². The van der Waals surface area contributed by atoms with Crippen molar-refractivity contribution in [2.45, 2.75) is 20.8 Å². The van der Waals surface area contributed by atoms with Gasteiger partial charge in [-0.15, -0.1) is 0 Å². The summed E-state index contributed by atoms with van der Waals surface area (Å²) in [5.41, 5.74) is 9.12. The number of aryl methyl sites for hydroxylation is 3. The molecular weight excluding hydrogens is 266 g/mol. The molecule has 0 amide bonds. The number of hydrogen-bond acceptors (Lipinski definition) is 0. The largest absolute Gasteiger partial charge is 0.215 e. The predicted octanol–water partition coefficient (Wildman–Crippen LogP) is 4.77. The van der Waals surface area contributed by atoms with E-state index in [1.807, 2.05) is 0 Å². The number of benzene rings is 2. The number of aromatic nitrogens is 1. The molecule has 0 spiro atoms. The van der Waals surface area contributed by atoms with Crippen molar-refractivity contribution in [3.8, 4) is 22.4 Å². The summed E-state index contributed by atoms with van der Waals surface area (Å²) in [5, 5.41) is 0. The van der Waals surface area contributed by atoms with Gasteiger partial charge in [-0.3, -0.25) is 0 Å². The lowest BCUT2D eigenvalue weighted by Crippen LogP contribution is -2.32. The summed E-state index contributed by atoms with van der Waals surface area (Å²) in [5.74, 6) is 0. The Kier molecular flexibility index (Phi) is 3.81. The van der Waals surface area contributed by atoms with Crippen LogP contribution in [0.4, 0.5) is 0 Å². The van der Waals surface area contributed by atoms with E-state index >= 15 is 0 Å². The summed E-state index contributed by atoms with van der Waals surface area (Å²) in [7, 11) is 2.12. The van der Waals surface area contributed by atoms with E-state index in [0.29, 0.717) is 0 Å². The first-order chi connectivity index (χ1) is 10.6. The van der Waals surface area contributed by atoms with E-state index in [2.05, 4.69) is 93.2 Å². The second-order valence-electron chi connectivity index (χ2n) is 5.98. The number of rotatable bonds is 2. The van der Waals surface area contributed by atoms with Crippen molar-refractivity contribution >= 4 is 0 Å². The fraction of sp³-hybridized carbons (Fsp3) is 0.190. The van der Waals surface area contributed by atoms with Crippen molar-refractivity contribution < 1.29 is 4.57 Å². The van der Waals surface area contributed by atoms with Crippen LogP contribution in [0.2, 0.25) is 0 Å². The minimum Gasteiger partial charge on any atom is -0.201 e. The third-order valence-corrected chi connectivity index (χ3v) is 4.45. The fourth-order valence-electron chi connectivity index (χ4n) is 2.95. The quantitative estimate of drug-likeness (QED) is 0.598. The molecule has 0 bridgehead atoms. The third kappa shape index (κ3) is 2.55. The van der Waals surface area contributed by atoms with Crippen LogP contribution in [-0.4, -0.2) is 0 Å². The average Bonchev–Trinajstić information content (AvgIpc) is 2.54. The van der Waals surface area contributed by atoms with Crippen molar-refractivity contribution in [2.24, 2.45) is 7.05 Å². The second-order valence-corrected chi connectivity index (χ2v) is 5.98. The zero-order valence-electron chi connectivity index (χ0n) is 13.7. The number of hydrogen-bond donors (Lipinski definition) is 0. The third-order valence-electron chi connectivity index (χ3n) is 4.45. The Bertz CT molecular complexity index is 817. The van der Waals surface area contributed by atoms with Gasteiger partial charge in [0.05, 0.1) is 0 Å². The van der Waals surface area contributed by atoms with Crippen LogP contribution in [0.1, 0.15) is 16.7 Å². The van der Waals surface area contributed by atoms with E-state index in [-0.39, 0.29) is 0 Å². The minimum atomic E-state index is 1.26. The molecule has 0 N–H and O–H groups in total. The molecule has 110 valence electrons. The maximum absolute atomic E-state index is 2.31. The van der Waals surface area contributed by atoms with Gasteiger partial charge in [0.2, 0.25) is 5.69 Å². The van der Waals surface area contributed by atoms with E-state index in [1.54, 1.807) is 0 Å². The van der Waals surface area contributed by atoms with Crippen LogP contribution in [-0.2, 0) is 7.05 Å². The van der Waals surface area contributed by atoms with Crippen molar-refractivity contribution in [1.82, 2.24) is 0 Å². The van der Waals surface area contributed by atoms with Gasteiger partial charge in [0.15, 0.2) is 6.20 Å². The van der Waals surface area contributed by atoms with E-state index in [1.165, 1.54) is 39.1 Å². The number of nitrogens with zero attached hydrogens (tertiary/aromatic N) is 1. The van der Waals surface area contributed by atoms with Crippen LogP contribution in [0.3, 0.4) is 0 Å². The topological polar surface area (TPSA) is 3.88 Å². The van der Waals surface area contributed by atoms with E-state index in [0.717, 1.165) is 0 Å². The van der Waals surface area contributed by atoms with Gasteiger partial charge in [-0.05, 0) is 49.1 Å². The first-order valence-corrected chi connectivity index (χ1v) is 7.70. The van der Waals surface area contributed by atoms with Crippen molar-refractivity contribution in [1.29, 1.82) is 0 Å². The molecule has 0 saturated heterocycles. The molecule has 0 aliphatic heterocycles. The summed E-state index contributed by atoms with van der Waals surface area (Å²) < 4.78 is 2.22. The van der Waals surface area contributed by atoms with E-state index in [9.17, 15) is 0 Å². The van der Waals surface area contributed by atoms with Gasteiger partial charge in [-0.25, -0.2) is 4.57 Å². The Hall–Kier alpha value is -2.41. The standard InChI is InChI=1S/C21H22N/c1-15-12-13-22(4)21(17(15)3)20-14-19(11-10-16(20)2)18-8-6-5-7-9-18/h5-14H,1-4H3/q+1. The highest BCUT2D eigenvalue weighted by Crippen LogP contribution is 2.30. The van der Waals surface area contributed by atoms with Crippen molar-refractivity contribution in [3.05, 3.63) is 77.5 Å². The molecular formula is C21H22N+. The molecule has 1 nitrogen and oxygen atoms in total. The van der Waals surface area contributed by atoms with Gasteiger partial charge in [-0.2, -0.15) is 0 Å². The summed E-state index contributed by atoms with van der Waals surface area (Å²) >= 11 is 0. The summed E-state index contributed by atoms with van der Waals surface area (Å²) in [6, 6.07) is 19.5. The molecule has 1 heteroatoms. The molecule has 3 rings (SSSR count). The van der Waals surface area contributed by atoms with Crippen molar-refractivity contribution in [3.63, 3.8) is 0 Å². The Morgan fingerprint density at radius 2 is 1.45 bits per heavy atom. The molecule has 0 aliphatic carbocycles. The summed E-state index contributed by atoms with van der Waals surface area (Å²) in [4.78, 5) is 0. The fourth-order valence-corrected chi connectivity index (χ4v) is 2.95. The van der Waals surface area contributed by atoms with Crippen LogP contribution in [0.25, 0.3) is 22.4 Å². The number of pyridine rings is 1. The van der Waals surface area contributed by atoms with Gasteiger partial charge >= 0.3 is 0 Å². The van der Waals surface area contributed by atoms with Gasteiger partial charge in [0.1, 0.15) is 7.05 Å². The highest BCUT2D eigenvalue weighted by atomic mass is 14.9. The lowest BCUT2D eigenvalue weighted by molar-refractivity contribution is -0.660. The van der Waals surface area contributed by atoms with Crippen LogP contribution in [0.15, 0.2) is 60.8 Å². The maximum Gasteiger partial charge on any atom is 0.215 e. The van der Waals surface area contributed by atoms with E-state index < -0.39 is 0 Å². The van der Waals surface area contributed by atoms with E-state index in [4.69, 9.17) is 0 Å². The Labute approximate surface area is 132 Å². The van der Waals surface area contributed by atoms with Gasteiger partial charge in [0, 0.05) is 17.2 Å². The molecule has 1 heterocycles. The second kappa shape index (κ2) is 5.76. The molecule has 22 heavy (non-hydrogen) atoms. The van der Waals surface area contributed by atoms with Crippen LogP contribution in [0, 0.1) is 20.8 Å².